The zero-order valence-electron chi connectivity index (χ0n) is 4.42. The molecule has 0 N–H and O–H groups in total. The lowest BCUT2D eigenvalue weighted by atomic mass is 10.6. The van der Waals surface area contributed by atoms with Crippen LogP contribution in [0, 0.1) is 6.92 Å². The molecule has 0 spiro atoms. The SMILES string of the molecule is Cc1cnn(C)n1. The van der Waals surface area contributed by atoms with Crippen LogP contribution >= 0.6 is 0 Å². The number of rotatable bonds is 0. The van der Waals surface area contributed by atoms with Crippen molar-refractivity contribution in [3.05, 3.63) is 11.9 Å². The Morgan fingerprint density at radius 3 is 2.57 bits per heavy atom. The Balaban J connectivity index is 3.04. The number of hydrogen-bond acceptors (Lipinski definition) is 2. The van der Waals surface area contributed by atoms with Gasteiger partial charge in [0.05, 0.1) is 11.9 Å². The van der Waals surface area contributed by atoms with E-state index in [0.717, 1.165) is 5.69 Å². The third-order valence-corrected chi connectivity index (χ3v) is 0.714. The van der Waals surface area contributed by atoms with Crippen molar-refractivity contribution in [1.82, 2.24) is 15.0 Å². The number of hydrogen-bond donors (Lipinski definition) is 0. The second-order valence-electron chi connectivity index (χ2n) is 1.48. The zero-order chi connectivity index (χ0) is 5.28. The molecule has 0 saturated heterocycles. The van der Waals surface area contributed by atoms with E-state index in [1.165, 1.54) is 4.80 Å². The highest BCUT2D eigenvalue weighted by atomic mass is 15.4. The average molecular weight is 97.1 g/mol. The van der Waals surface area contributed by atoms with E-state index in [0.29, 0.717) is 0 Å². The lowest BCUT2D eigenvalue weighted by molar-refractivity contribution is 0.649. The molecule has 1 rings (SSSR count). The molecule has 0 aliphatic rings. The maximum atomic E-state index is 3.92. The fourth-order valence-corrected chi connectivity index (χ4v) is 0.447. The minimum Gasteiger partial charge on any atom is -0.188 e. The van der Waals surface area contributed by atoms with Crippen molar-refractivity contribution in [2.45, 2.75) is 6.92 Å². The molecule has 0 amide bonds. The summed E-state index contributed by atoms with van der Waals surface area (Å²) in [6.45, 7) is 1.91. The van der Waals surface area contributed by atoms with Crippen LogP contribution < -0.4 is 0 Å². The van der Waals surface area contributed by atoms with Gasteiger partial charge in [-0.15, -0.1) is 0 Å². The van der Waals surface area contributed by atoms with Crippen molar-refractivity contribution in [2.75, 3.05) is 0 Å². The molecule has 0 bridgehead atoms. The van der Waals surface area contributed by atoms with Gasteiger partial charge in [-0.25, -0.2) is 0 Å². The fourth-order valence-electron chi connectivity index (χ4n) is 0.447. The first-order valence-corrected chi connectivity index (χ1v) is 2.12. The number of aromatic nitrogens is 3. The van der Waals surface area contributed by atoms with Gasteiger partial charge in [0.25, 0.3) is 0 Å². The van der Waals surface area contributed by atoms with Crippen molar-refractivity contribution in [3.8, 4) is 0 Å². The molecule has 38 valence electrons. The molecule has 1 heterocycles. The Morgan fingerprint density at radius 1 is 1.71 bits per heavy atom. The minimum atomic E-state index is 0.961. The van der Waals surface area contributed by atoms with Crippen molar-refractivity contribution in [3.63, 3.8) is 0 Å². The largest absolute Gasteiger partial charge is 0.188 e. The molecule has 0 fully saturated rings. The molecule has 7 heavy (non-hydrogen) atoms. The average Bonchev–Trinajstić information content (AvgIpc) is 1.87. The van der Waals surface area contributed by atoms with E-state index in [2.05, 4.69) is 10.2 Å². The Bertz CT molecular complexity index is 139. The second-order valence-corrected chi connectivity index (χ2v) is 1.48. The maximum absolute atomic E-state index is 3.92. The van der Waals surface area contributed by atoms with Crippen LogP contribution in [0.5, 0.6) is 0 Å². The van der Waals surface area contributed by atoms with Crippen LogP contribution in [-0.4, -0.2) is 15.0 Å². The number of aryl methyl sites for hydroxylation is 2. The molecule has 0 aromatic carbocycles. The summed E-state index contributed by atoms with van der Waals surface area (Å²) in [5.74, 6) is 0. The molecular weight excluding hydrogens is 90.1 g/mol. The van der Waals surface area contributed by atoms with Crippen LogP contribution in [0.15, 0.2) is 6.20 Å². The highest BCUT2D eigenvalue weighted by Crippen LogP contribution is 1.81. The molecule has 0 unspecified atom stereocenters. The predicted octanol–water partition coefficient (Wildman–Crippen LogP) is 0.124. The topological polar surface area (TPSA) is 30.7 Å². The van der Waals surface area contributed by atoms with Crippen LogP contribution in [-0.2, 0) is 7.05 Å². The van der Waals surface area contributed by atoms with Gasteiger partial charge in [0.15, 0.2) is 0 Å². The zero-order valence-corrected chi connectivity index (χ0v) is 4.42. The first kappa shape index (κ1) is 4.30. The Labute approximate surface area is 42.0 Å². The number of nitrogens with zero attached hydrogens (tertiary/aromatic N) is 3. The highest BCUT2D eigenvalue weighted by Gasteiger charge is 1.83. The summed E-state index contributed by atoms with van der Waals surface area (Å²) in [6, 6.07) is 0. The van der Waals surface area contributed by atoms with Gasteiger partial charge >= 0.3 is 0 Å². The van der Waals surface area contributed by atoms with Crippen LogP contribution in [0.4, 0.5) is 0 Å². The van der Waals surface area contributed by atoms with Gasteiger partial charge < -0.3 is 0 Å². The smallest absolute Gasteiger partial charge is 0.0796 e. The van der Waals surface area contributed by atoms with E-state index >= 15 is 0 Å². The molecule has 1 aromatic heterocycles. The van der Waals surface area contributed by atoms with E-state index in [9.17, 15) is 0 Å². The molecular formula is C4H7N3. The quantitative estimate of drug-likeness (QED) is 0.460. The van der Waals surface area contributed by atoms with Gasteiger partial charge in [-0.2, -0.15) is 15.0 Å². The molecule has 0 aliphatic carbocycles. The Hall–Kier alpha value is -0.860. The van der Waals surface area contributed by atoms with Crippen molar-refractivity contribution in [1.29, 1.82) is 0 Å². The normalized spacial score (nSPS) is 9.43. The van der Waals surface area contributed by atoms with E-state index < -0.39 is 0 Å². The Morgan fingerprint density at radius 2 is 2.43 bits per heavy atom. The summed E-state index contributed by atoms with van der Waals surface area (Å²) in [7, 11) is 1.80. The highest BCUT2D eigenvalue weighted by molar-refractivity contribution is 4.84. The summed E-state index contributed by atoms with van der Waals surface area (Å²) in [5.41, 5.74) is 0.961. The van der Waals surface area contributed by atoms with Gasteiger partial charge in [-0.05, 0) is 6.92 Å². The first-order chi connectivity index (χ1) is 3.29. The van der Waals surface area contributed by atoms with E-state index in [-0.39, 0.29) is 0 Å². The molecule has 0 aliphatic heterocycles. The van der Waals surface area contributed by atoms with E-state index in [4.69, 9.17) is 0 Å². The van der Waals surface area contributed by atoms with Crippen LogP contribution in [0.25, 0.3) is 0 Å². The first-order valence-electron chi connectivity index (χ1n) is 2.12. The standard InChI is InChI=1S/C4H7N3/c1-4-3-5-7(2)6-4/h3H,1-2H3. The predicted molar refractivity (Wildman–Crippen MR) is 25.7 cm³/mol. The fraction of sp³-hybridized carbons (Fsp3) is 0.500. The van der Waals surface area contributed by atoms with E-state index in [1.54, 1.807) is 13.2 Å². The minimum absolute atomic E-state index is 0.961. The van der Waals surface area contributed by atoms with Gasteiger partial charge in [0.2, 0.25) is 0 Å². The van der Waals surface area contributed by atoms with Gasteiger partial charge in [0.1, 0.15) is 0 Å². The molecule has 3 nitrogen and oxygen atoms in total. The molecule has 0 saturated carbocycles. The monoisotopic (exact) mass is 97.1 g/mol. The molecule has 3 heteroatoms. The molecule has 0 atom stereocenters. The molecule has 0 radical (unpaired) electrons. The van der Waals surface area contributed by atoms with Crippen molar-refractivity contribution in [2.24, 2.45) is 7.05 Å². The third-order valence-electron chi connectivity index (χ3n) is 0.714. The third kappa shape index (κ3) is 0.765. The van der Waals surface area contributed by atoms with Gasteiger partial charge in [0, 0.05) is 7.05 Å². The summed E-state index contributed by atoms with van der Waals surface area (Å²) in [6.07, 6.45) is 1.72. The van der Waals surface area contributed by atoms with E-state index in [1.807, 2.05) is 6.92 Å². The Kier molecular flexibility index (Phi) is 0.817. The van der Waals surface area contributed by atoms with Crippen LogP contribution in [0.3, 0.4) is 0 Å². The van der Waals surface area contributed by atoms with Crippen LogP contribution in [0.2, 0.25) is 0 Å². The van der Waals surface area contributed by atoms with Crippen LogP contribution in [0.1, 0.15) is 5.69 Å². The van der Waals surface area contributed by atoms with Crippen molar-refractivity contribution >= 4 is 0 Å². The summed E-state index contributed by atoms with van der Waals surface area (Å²) in [5, 5.41) is 7.74. The lowest BCUT2D eigenvalue weighted by Crippen LogP contribution is -1.90. The lowest BCUT2D eigenvalue weighted by Gasteiger charge is -1.77. The molecule has 1 aromatic rings. The summed E-state index contributed by atoms with van der Waals surface area (Å²) in [4.78, 5) is 1.54. The summed E-state index contributed by atoms with van der Waals surface area (Å²) >= 11 is 0. The second kappa shape index (κ2) is 1.33. The van der Waals surface area contributed by atoms with Crippen molar-refractivity contribution < 1.29 is 0 Å². The van der Waals surface area contributed by atoms with Gasteiger partial charge in [-0.3, -0.25) is 0 Å². The summed E-state index contributed by atoms with van der Waals surface area (Å²) < 4.78 is 0. The van der Waals surface area contributed by atoms with Gasteiger partial charge in [-0.1, -0.05) is 0 Å². The maximum Gasteiger partial charge on any atom is 0.0796 e.